The Kier molecular flexibility index (Phi) is 4.52. The second kappa shape index (κ2) is 5.99. The van der Waals surface area contributed by atoms with E-state index in [1.165, 1.54) is 18.5 Å². The smallest absolute Gasteiger partial charge is 0.250 e. The van der Waals surface area contributed by atoms with Crippen molar-refractivity contribution in [3.8, 4) is 11.5 Å². The van der Waals surface area contributed by atoms with Crippen LogP contribution in [0.5, 0.6) is 11.5 Å². The van der Waals surface area contributed by atoms with Crippen LogP contribution in [0.15, 0.2) is 23.1 Å². The fourth-order valence-corrected chi connectivity index (χ4v) is 4.14. The summed E-state index contributed by atoms with van der Waals surface area (Å²) < 4.78 is 37.5. The van der Waals surface area contributed by atoms with Gasteiger partial charge in [-0.05, 0) is 19.1 Å². The molecule has 1 aromatic carbocycles. The van der Waals surface area contributed by atoms with Crippen LogP contribution < -0.4 is 14.8 Å². The number of hydrogen-bond acceptors (Lipinski definition) is 5. The third-order valence-corrected chi connectivity index (χ3v) is 5.24. The van der Waals surface area contributed by atoms with E-state index in [1.807, 2.05) is 6.92 Å². The molecule has 112 valence electrons. The number of sulfonamides is 1. The van der Waals surface area contributed by atoms with E-state index < -0.39 is 10.0 Å². The van der Waals surface area contributed by atoms with E-state index in [-0.39, 0.29) is 10.9 Å². The molecule has 1 aliphatic rings. The van der Waals surface area contributed by atoms with E-state index in [0.29, 0.717) is 31.1 Å². The van der Waals surface area contributed by atoms with Crippen molar-refractivity contribution in [2.45, 2.75) is 17.9 Å². The first-order valence-electron chi connectivity index (χ1n) is 6.45. The number of methoxy groups -OCH3 is 2. The first kappa shape index (κ1) is 15.1. The van der Waals surface area contributed by atoms with Gasteiger partial charge >= 0.3 is 0 Å². The van der Waals surface area contributed by atoms with Gasteiger partial charge in [-0.25, -0.2) is 8.42 Å². The maximum absolute atomic E-state index is 12.8. The van der Waals surface area contributed by atoms with Crippen molar-refractivity contribution in [1.82, 2.24) is 9.62 Å². The maximum Gasteiger partial charge on any atom is 0.250 e. The van der Waals surface area contributed by atoms with Gasteiger partial charge in [-0.15, -0.1) is 0 Å². The van der Waals surface area contributed by atoms with Gasteiger partial charge in [0.05, 0.1) is 14.2 Å². The lowest BCUT2D eigenvalue weighted by atomic mass is 10.3. The van der Waals surface area contributed by atoms with Gasteiger partial charge in [0.2, 0.25) is 0 Å². The lowest BCUT2D eigenvalue weighted by Crippen LogP contribution is -2.51. The molecule has 1 aliphatic heterocycles. The monoisotopic (exact) mass is 300 g/mol. The molecule has 1 unspecified atom stereocenters. The van der Waals surface area contributed by atoms with Crippen LogP contribution in [0.1, 0.15) is 6.92 Å². The highest BCUT2D eigenvalue weighted by molar-refractivity contribution is 7.89. The van der Waals surface area contributed by atoms with Crippen molar-refractivity contribution < 1.29 is 17.9 Å². The van der Waals surface area contributed by atoms with Crippen LogP contribution in [-0.2, 0) is 10.0 Å². The van der Waals surface area contributed by atoms with Crippen LogP contribution in [0.25, 0.3) is 0 Å². The minimum atomic E-state index is -3.64. The Morgan fingerprint density at radius 3 is 2.35 bits per heavy atom. The summed E-state index contributed by atoms with van der Waals surface area (Å²) in [4.78, 5) is 0.0964. The van der Waals surface area contributed by atoms with E-state index >= 15 is 0 Å². The third-order valence-electron chi connectivity index (χ3n) is 3.31. The average molecular weight is 300 g/mol. The Morgan fingerprint density at radius 2 is 1.85 bits per heavy atom. The summed E-state index contributed by atoms with van der Waals surface area (Å²) in [5, 5.41) is 3.22. The molecule has 0 bridgehead atoms. The fraction of sp³-hybridized carbons (Fsp3) is 0.538. The fourth-order valence-electron chi connectivity index (χ4n) is 2.32. The second-order valence-electron chi connectivity index (χ2n) is 4.71. The van der Waals surface area contributed by atoms with Gasteiger partial charge in [-0.2, -0.15) is 4.31 Å². The molecule has 0 saturated carbocycles. The molecule has 1 heterocycles. The number of ether oxygens (including phenoxy) is 2. The Bertz CT molecular complexity index is 551. The maximum atomic E-state index is 12.8. The number of nitrogens with one attached hydrogen (secondary N) is 1. The van der Waals surface area contributed by atoms with Crippen molar-refractivity contribution in [3.05, 3.63) is 18.2 Å². The summed E-state index contributed by atoms with van der Waals surface area (Å²) in [6.45, 7) is 3.47. The van der Waals surface area contributed by atoms with E-state index in [1.54, 1.807) is 18.2 Å². The highest BCUT2D eigenvalue weighted by Crippen LogP contribution is 2.35. The Labute approximate surface area is 119 Å². The minimum Gasteiger partial charge on any atom is -0.495 e. The molecule has 2 rings (SSSR count). The topological polar surface area (TPSA) is 67.9 Å². The predicted octanol–water partition coefficient (Wildman–Crippen LogP) is 0.686. The normalized spacial score (nSPS) is 20.6. The van der Waals surface area contributed by atoms with Crippen LogP contribution in [0.3, 0.4) is 0 Å². The molecule has 1 N–H and O–H groups in total. The number of benzene rings is 1. The van der Waals surface area contributed by atoms with Gasteiger partial charge in [0.15, 0.2) is 4.90 Å². The zero-order valence-corrected chi connectivity index (χ0v) is 12.7. The van der Waals surface area contributed by atoms with Crippen molar-refractivity contribution in [1.29, 1.82) is 0 Å². The molecule has 0 amide bonds. The van der Waals surface area contributed by atoms with Crippen LogP contribution in [-0.4, -0.2) is 52.6 Å². The molecule has 7 heteroatoms. The van der Waals surface area contributed by atoms with Gasteiger partial charge < -0.3 is 14.8 Å². The molecule has 1 atom stereocenters. The van der Waals surface area contributed by atoms with Gasteiger partial charge in [0, 0.05) is 25.7 Å². The largest absolute Gasteiger partial charge is 0.495 e. The molecule has 1 saturated heterocycles. The van der Waals surface area contributed by atoms with Crippen LogP contribution in [0, 0.1) is 0 Å². The SMILES string of the molecule is COc1cccc(OC)c1S(=O)(=O)N1CCNC(C)C1. The lowest BCUT2D eigenvalue weighted by Gasteiger charge is -2.31. The van der Waals surface area contributed by atoms with Gasteiger partial charge in [-0.3, -0.25) is 0 Å². The average Bonchev–Trinajstić information content (AvgIpc) is 2.46. The number of rotatable bonds is 4. The molecule has 0 radical (unpaired) electrons. The van der Waals surface area contributed by atoms with E-state index in [0.717, 1.165) is 0 Å². The van der Waals surface area contributed by atoms with Crippen molar-refractivity contribution in [3.63, 3.8) is 0 Å². The molecule has 0 aromatic heterocycles. The highest BCUT2D eigenvalue weighted by atomic mass is 32.2. The molecule has 6 nitrogen and oxygen atoms in total. The number of piperazine rings is 1. The molecule has 0 aliphatic carbocycles. The van der Waals surface area contributed by atoms with Gasteiger partial charge in [0.1, 0.15) is 11.5 Å². The van der Waals surface area contributed by atoms with Crippen molar-refractivity contribution in [2.75, 3.05) is 33.9 Å². The molecule has 1 fully saturated rings. The Hall–Kier alpha value is -1.31. The molecule has 20 heavy (non-hydrogen) atoms. The molecule has 0 spiro atoms. The van der Waals surface area contributed by atoms with E-state index in [2.05, 4.69) is 5.32 Å². The lowest BCUT2D eigenvalue weighted by molar-refractivity contribution is 0.305. The first-order valence-corrected chi connectivity index (χ1v) is 7.89. The summed E-state index contributed by atoms with van der Waals surface area (Å²) in [7, 11) is -0.732. The Morgan fingerprint density at radius 1 is 1.25 bits per heavy atom. The minimum absolute atomic E-state index is 0.0964. The number of hydrogen-bond donors (Lipinski definition) is 1. The standard InChI is InChI=1S/C13H20N2O4S/c1-10-9-15(8-7-14-10)20(16,17)13-11(18-2)5-4-6-12(13)19-3/h4-6,10,14H,7-9H2,1-3H3. The van der Waals surface area contributed by atoms with Crippen LogP contribution in [0.4, 0.5) is 0 Å². The summed E-state index contributed by atoms with van der Waals surface area (Å²) in [6, 6.07) is 5.08. The summed E-state index contributed by atoms with van der Waals surface area (Å²) in [5.41, 5.74) is 0. The third kappa shape index (κ3) is 2.74. The zero-order valence-electron chi connectivity index (χ0n) is 11.9. The molecular formula is C13H20N2O4S. The summed E-state index contributed by atoms with van der Waals surface area (Å²) in [6.07, 6.45) is 0. The van der Waals surface area contributed by atoms with Crippen LogP contribution in [0.2, 0.25) is 0 Å². The summed E-state index contributed by atoms with van der Waals surface area (Å²) >= 11 is 0. The summed E-state index contributed by atoms with van der Waals surface area (Å²) in [5.74, 6) is 0.603. The number of nitrogens with zero attached hydrogens (tertiary/aromatic N) is 1. The second-order valence-corrected chi connectivity index (χ2v) is 6.58. The van der Waals surface area contributed by atoms with Gasteiger partial charge in [-0.1, -0.05) is 6.07 Å². The van der Waals surface area contributed by atoms with Crippen molar-refractivity contribution in [2.24, 2.45) is 0 Å². The molecule has 1 aromatic rings. The Balaban J connectivity index is 2.48. The quantitative estimate of drug-likeness (QED) is 0.886. The van der Waals surface area contributed by atoms with E-state index in [4.69, 9.17) is 9.47 Å². The van der Waals surface area contributed by atoms with Crippen LogP contribution >= 0.6 is 0 Å². The predicted molar refractivity (Wildman–Crippen MR) is 75.8 cm³/mol. The van der Waals surface area contributed by atoms with E-state index in [9.17, 15) is 8.42 Å². The van der Waals surface area contributed by atoms with Crippen molar-refractivity contribution >= 4 is 10.0 Å². The first-order chi connectivity index (χ1) is 9.50. The zero-order chi connectivity index (χ0) is 14.8. The van der Waals surface area contributed by atoms with Gasteiger partial charge in [0.25, 0.3) is 10.0 Å². The highest BCUT2D eigenvalue weighted by Gasteiger charge is 2.33. The molecular weight excluding hydrogens is 280 g/mol.